The van der Waals surface area contributed by atoms with E-state index in [-0.39, 0.29) is 18.1 Å². The third-order valence-corrected chi connectivity index (χ3v) is 4.36. The zero-order valence-electron chi connectivity index (χ0n) is 14.9. The molecule has 0 saturated carbocycles. The maximum atomic E-state index is 12.7. The van der Waals surface area contributed by atoms with Gasteiger partial charge in [0.2, 0.25) is 0 Å². The Kier molecular flexibility index (Phi) is 6.06. The van der Waals surface area contributed by atoms with E-state index < -0.39 is 5.97 Å². The second-order valence-electron chi connectivity index (χ2n) is 6.27. The van der Waals surface area contributed by atoms with E-state index in [4.69, 9.17) is 14.4 Å². The average Bonchev–Trinajstić information content (AvgIpc) is 3.24. The summed E-state index contributed by atoms with van der Waals surface area (Å²) in [5.74, 6) is -0.261. The molecule has 0 fully saturated rings. The summed E-state index contributed by atoms with van der Waals surface area (Å²) in [6.07, 6.45) is 7.49. The maximum Gasteiger partial charge on any atom is 0.338 e. The highest BCUT2D eigenvalue weighted by Crippen LogP contribution is 2.23. The molecule has 0 spiro atoms. The summed E-state index contributed by atoms with van der Waals surface area (Å²) in [6, 6.07) is 11.8. The highest BCUT2D eigenvalue weighted by molar-refractivity contribution is 5.91. The fraction of sp³-hybridized carbons (Fsp3) is 0.286. The molecule has 1 aliphatic carbocycles. The van der Waals surface area contributed by atoms with Crippen LogP contribution in [-0.2, 0) is 16.1 Å². The zero-order valence-corrected chi connectivity index (χ0v) is 14.9. The van der Waals surface area contributed by atoms with Crippen LogP contribution < -0.4 is 0 Å². The number of rotatable bonds is 6. The van der Waals surface area contributed by atoms with Gasteiger partial charge >= 0.3 is 5.97 Å². The molecule has 0 bridgehead atoms. The van der Waals surface area contributed by atoms with Crippen LogP contribution in [0.5, 0.6) is 0 Å². The van der Waals surface area contributed by atoms with E-state index in [0.717, 1.165) is 31.4 Å². The molecule has 0 unspecified atom stereocenters. The van der Waals surface area contributed by atoms with E-state index >= 15 is 0 Å². The number of amides is 1. The van der Waals surface area contributed by atoms with Gasteiger partial charge in [0.05, 0.1) is 30.0 Å². The fourth-order valence-corrected chi connectivity index (χ4v) is 2.98. The molecule has 0 radical (unpaired) electrons. The van der Waals surface area contributed by atoms with Crippen molar-refractivity contribution in [3.05, 3.63) is 71.3 Å². The van der Waals surface area contributed by atoms with Gasteiger partial charge in [0.15, 0.2) is 6.61 Å². The molecule has 27 heavy (non-hydrogen) atoms. The van der Waals surface area contributed by atoms with Crippen LogP contribution >= 0.6 is 0 Å². The first-order chi connectivity index (χ1) is 13.2. The third-order valence-electron chi connectivity index (χ3n) is 4.36. The van der Waals surface area contributed by atoms with Crippen LogP contribution in [0.3, 0.4) is 0 Å². The standard InChI is InChI=1S/C21H20N2O4/c22-13-16-6-4-7-17(12-16)21(25)27-15-20(24)23(14-19-10-5-11-26-19)18-8-2-1-3-9-18/h4-8,10-12H,1-3,9,14-15H2. The number of furan rings is 1. The molecule has 1 aromatic carbocycles. The molecule has 0 N–H and O–H groups in total. The van der Waals surface area contributed by atoms with E-state index in [0.29, 0.717) is 17.9 Å². The molecule has 1 heterocycles. The van der Waals surface area contributed by atoms with E-state index in [1.807, 2.05) is 12.1 Å². The molecule has 2 aromatic rings. The van der Waals surface area contributed by atoms with Crippen molar-refractivity contribution in [2.75, 3.05) is 6.61 Å². The van der Waals surface area contributed by atoms with E-state index in [1.54, 1.807) is 35.4 Å². The minimum atomic E-state index is -0.629. The molecule has 6 heteroatoms. The summed E-state index contributed by atoms with van der Waals surface area (Å²) in [5, 5.41) is 8.92. The minimum absolute atomic E-state index is 0.247. The van der Waals surface area contributed by atoms with Crippen LogP contribution in [0.25, 0.3) is 0 Å². The molecular formula is C21H20N2O4. The molecule has 0 saturated heterocycles. The Bertz CT molecular complexity index is 878. The van der Waals surface area contributed by atoms with Crippen molar-refractivity contribution >= 4 is 11.9 Å². The number of allylic oxidation sites excluding steroid dienone is 2. The van der Waals surface area contributed by atoms with Crippen LogP contribution in [0.4, 0.5) is 0 Å². The highest BCUT2D eigenvalue weighted by Gasteiger charge is 2.22. The van der Waals surface area contributed by atoms with Gasteiger partial charge in [-0.1, -0.05) is 12.1 Å². The van der Waals surface area contributed by atoms with E-state index in [1.165, 1.54) is 6.07 Å². The lowest BCUT2D eigenvalue weighted by Gasteiger charge is -2.26. The number of hydrogen-bond donors (Lipinski definition) is 0. The van der Waals surface area contributed by atoms with Gasteiger partial charge in [0.25, 0.3) is 5.91 Å². The SMILES string of the molecule is N#Cc1cccc(C(=O)OCC(=O)N(Cc2ccco2)C2=CCCCC2)c1. The summed E-state index contributed by atoms with van der Waals surface area (Å²) < 4.78 is 10.5. The molecule has 138 valence electrons. The van der Waals surface area contributed by atoms with Gasteiger partial charge in [-0.05, 0) is 56.0 Å². The first-order valence-corrected chi connectivity index (χ1v) is 8.86. The summed E-state index contributed by atoms with van der Waals surface area (Å²) in [7, 11) is 0. The van der Waals surface area contributed by atoms with E-state index in [9.17, 15) is 9.59 Å². The number of nitrogens with zero attached hydrogens (tertiary/aromatic N) is 2. The Balaban J connectivity index is 1.67. The molecule has 1 amide bonds. The van der Waals surface area contributed by atoms with Crippen molar-refractivity contribution in [2.45, 2.75) is 32.2 Å². The van der Waals surface area contributed by atoms with Gasteiger partial charge in [0.1, 0.15) is 5.76 Å². The number of esters is 1. The Labute approximate surface area is 157 Å². The summed E-state index contributed by atoms with van der Waals surface area (Å²) in [5.41, 5.74) is 1.55. The number of carbonyl (C=O) groups excluding carboxylic acids is 2. The van der Waals surface area contributed by atoms with Crippen LogP contribution in [0, 0.1) is 11.3 Å². The predicted octanol–water partition coefficient (Wildman–Crippen LogP) is 3.79. The summed E-state index contributed by atoms with van der Waals surface area (Å²) >= 11 is 0. The van der Waals surface area contributed by atoms with Gasteiger partial charge in [-0.3, -0.25) is 4.79 Å². The first-order valence-electron chi connectivity index (χ1n) is 8.86. The maximum absolute atomic E-state index is 12.7. The molecule has 1 aromatic heterocycles. The van der Waals surface area contributed by atoms with Crippen molar-refractivity contribution in [1.29, 1.82) is 5.26 Å². The Morgan fingerprint density at radius 2 is 2.11 bits per heavy atom. The predicted molar refractivity (Wildman–Crippen MR) is 97.2 cm³/mol. The molecule has 3 rings (SSSR count). The second kappa shape index (κ2) is 8.86. The van der Waals surface area contributed by atoms with E-state index in [2.05, 4.69) is 6.08 Å². The molecule has 0 atom stereocenters. The van der Waals surface area contributed by atoms with Crippen LogP contribution in [0.1, 0.15) is 47.4 Å². The Hall–Kier alpha value is -3.33. The van der Waals surface area contributed by atoms with Gasteiger partial charge in [-0.25, -0.2) is 4.79 Å². The van der Waals surface area contributed by atoms with Crippen molar-refractivity contribution < 1.29 is 18.7 Å². The zero-order chi connectivity index (χ0) is 19.1. The molecular weight excluding hydrogens is 344 g/mol. The summed E-state index contributed by atoms with van der Waals surface area (Å²) in [6.45, 7) is -0.0627. The lowest BCUT2D eigenvalue weighted by molar-refractivity contribution is -0.133. The topological polar surface area (TPSA) is 83.5 Å². The van der Waals surface area contributed by atoms with Gasteiger partial charge in [-0.2, -0.15) is 5.26 Å². The number of carbonyl (C=O) groups is 2. The molecule has 1 aliphatic rings. The number of benzene rings is 1. The van der Waals surface area contributed by atoms with Crippen LogP contribution in [0.15, 0.2) is 58.9 Å². The minimum Gasteiger partial charge on any atom is -0.467 e. The fourth-order valence-electron chi connectivity index (χ4n) is 2.98. The van der Waals surface area contributed by atoms with Gasteiger partial charge < -0.3 is 14.1 Å². The van der Waals surface area contributed by atoms with Crippen LogP contribution in [-0.4, -0.2) is 23.4 Å². The number of nitriles is 1. The van der Waals surface area contributed by atoms with Crippen molar-refractivity contribution in [1.82, 2.24) is 4.90 Å². The number of ether oxygens (including phenoxy) is 1. The summed E-state index contributed by atoms with van der Waals surface area (Å²) in [4.78, 5) is 26.6. The van der Waals surface area contributed by atoms with Crippen LogP contribution in [0.2, 0.25) is 0 Å². The third kappa shape index (κ3) is 4.85. The lowest BCUT2D eigenvalue weighted by atomic mass is 10.0. The van der Waals surface area contributed by atoms with Crippen molar-refractivity contribution in [3.8, 4) is 6.07 Å². The van der Waals surface area contributed by atoms with Crippen molar-refractivity contribution in [3.63, 3.8) is 0 Å². The van der Waals surface area contributed by atoms with Gasteiger partial charge in [-0.15, -0.1) is 0 Å². The van der Waals surface area contributed by atoms with Gasteiger partial charge in [0, 0.05) is 5.70 Å². The monoisotopic (exact) mass is 364 g/mol. The highest BCUT2D eigenvalue weighted by atomic mass is 16.5. The second-order valence-corrected chi connectivity index (χ2v) is 6.27. The first kappa shape index (κ1) is 18.5. The van der Waals surface area contributed by atoms with Crippen molar-refractivity contribution in [2.24, 2.45) is 0 Å². The molecule has 0 aliphatic heterocycles. The number of hydrogen-bond acceptors (Lipinski definition) is 5. The Morgan fingerprint density at radius 3 is 2.81 bits per heavy atom. The quantitative estimate of drug-likeness (QED) is 0.728. The smallest absolute Gasteiger partial charge is 0.338 e. The Morgan fingerprint density at radius 1 is 1.22 bits per heavy atom. The normalized spacial score (nSPS) is 13.4. The average molecular weight is 364 g/mol. The lowest BCUT2D eigenvalue weighted by Crippen LogP contribution is -2.34. The largest absolute Gasteiger partial charge is 0.467 e. The molecule has 6 nitrogen and oxygen atoms in total.